The van der Waals surface area contributed by atoms with Crippen LogP contribution in [0.3, 0.4) is 0 Å². The Kier molecular flexibility index (Phi) is 16.6. The third-order valence-corrected chi connectivity index (χ3v) is 6.40. The van der Waals surface area contributed by atoms with Crippen LogP contribution in [0.2, 0.25) is 0 Å². The Morgan fingerprint density at radius 1 is 0.448 bits per heavy atom. The molecule has 2 unspecified atom stereocenters. The molecule has 0 amide bonds. The number of unbranched alkanes of at least 4 members (excludes halogenated alkanes) is 12. The normalized spacial score (nSPS) is 14.9. The van der Waals surface area contributed by atoms with Crippen molar-refractivity contribution in [3.63, 3.8) is 0 Å². The largest absolute Gasteiger partial charge is 0.374 e. The van der Waals surface area contributed by atoms with E-state index in [1.165, 1.54) is 103 Å². The van der Waals surface area contributed by atoms with Gasteiger partial charge >= 0.3 is 0 Å². The molecular formula is C28H58O. The Morgan fingerprint density at radius 2 is 0.724 bits per heavy atom. The van der Waals surface area contributed by atoms with Crippen molar-refractivity contribution < 1.29 is 4.74 Å². The second-order valence-corrected chi connectivity index (χ2v) is 11.7. The molecule has 1 nitrogen and oxygen atoms in total. The SMILES string of the molecule is CCCCCCCCCC(OC(CCCCCCCCC)C(C)(C)C)C(C)(C)C. The second-order valence-electron chi connectivity index (χ2n) is 11.7. The number of hydrogen-bond acceptors (Lipinski definition) is 1. The summed E-state index contributed by atoms with van der Waals surface area (Å²) in [6.07, 6.45) is 22.5. The second kappa shape index (κ2) is 16.6. The molecule has 0 heterocycles. The van der Waals surface area contributed by atoms with E-state index in [2.05, 4.69) is 55.4 Å². The highest BCUT2D eigenvalue weighted by Crippen LogP contribution is 2.34. The monoisotopic (exact) mass is 410 g/mol. The zero-order valence-corrected chi connectivity index (χ0v) is 21.9. The molecule has 0 N–H and O–H groups in total. The lowest BCUT2D eigenvalue weighted by molar-refractivity contribution is -0.113. The molecule has 0 fully saturated rings. The van der Waals surface area contributed by atoms with Gasteiger partial charge in [0.2, 0.25) is 0 Å². The van der Waals surface area contributed by atoms with Gasteiger partial charge in [0.15, 0.2) is 0 Å². The Hall–Kier alpha value is -0.0400. The van der Waals surface area contributed by atoms with Crippen molar-refractivity contribution in [2.24, 2.45) is 10.8 Å². The van der Waals surface area contributed by atoms with Crippen LogP contribution < -0.4 is 0 Å². The van der Waals surface area contributed by atoms with Gasteiger partial charge in [-0.05, 0) is 23.7 Å². The summed E-state index contributed by atoms with van der Waals surface area (Å²) >= 11 is 0. The van der Waals surface area contributed by atoms with Crippen molar-refractivity contribution in [2.45, 2.75) is 170 Å². The zero-order chi connectivity index (χ0) is 22.2. The van der Waals surface area contributed by atoms with Gasteiger partial charge in [-0.1, -0.05) is 145 Å². The van der Waals surface area contributed by atoms with Crippen LogP contribution in [0.25, 0.3) is 0 Å². The van der Waals surface area contributed by atoms with Crippen molar-refractivity contribution in [1.82, 2.24) is 0 Å². The molecule has 1 heteroatoms. The summed E-state index contributed by atoms with van der Waals surface area (Å²) in [5, 5.41) is 0. The van der Waals surface area contributed by atoms with Crippen LogP contribution in [0.15, 0.2) is 0 Å². The van der Waals surface area contributed by atoms with Gasteiger partial charge < -0.3 is 4.74 Å². The van der Waals surface area contributed by atoms with E-state index in [1.54, 1.807) is 0 Å². The summed E-state index contributed by atoms with van der Waals surface area (Å²) in [5.74, 6) is 0. The van der Waals surface area contributed by atoms with Crippen LogP contribution in [0.1, 0.15) is 158 Å². The van der Waals surface area contributed by atoms with Gasteiger partial charge in [0.05, 0.1) is 12.2 Å². The molecule has 0 aromatic heterocycles. The summed E-state index contributed by atoms with van der Waals surface area (Å²) in [5.41, 5.74) is 0.456. The van der Waals surface area contributed by atoms with Crippen molar-refractivity contribution in [1.29, 1.82) is 0 Å². The Morgan fingerprint density at radius 3 is 1.00 bits per heavy atom. The molecule has 2 atom stereocenters. The van der Waals surface area contributed by atoms with E-state index in [0.717, 1.165) is 0 Å². The maximum atomic E-state index is 6.87. The van der Waals surface area contributed by atoms with Crippen LogP contribution in [0.5, 0.6) is 0 Å². The number of rotatable bonds is 18. The lowest BCUT2D eigenvalue weighted by Crippen LogP contribution is -2.39. The van der Waals surface area contributed by atoms with E-state index in [1.807, 2.05) is 0 Å². The summed E-state index contributed by atoms with van der Waals surface area (Å²) in [4.78, 5) is 0. The highest BCUT2D eigenvalue weighted by Gasteiger charge is 2.32. The minimum Gasteiger partial charge on any atom is -0.374 e. The van der Waals surface area contributed by atoms with Gasteiger partial charge in [-0.2, -0.15) is 0 Å². The van der Waals surface area contributed by atoms with Gasteiger partial charge in [-0.25, -0.2) is 0 Å². The maximum absolute atomic E-state index is 6.87. The van der Waals surface area contributed by atoms with Crippen molar-refractivity contribution >= 4 is 0 Å². The zero-order valence-electron chi connectivity index (χ0n) is 21.9. The predicted molar refractivity (Wildman–Crippen MR) is 133 cm³/mol. The minimum absolute atomic E-state index is 0.228. The molecule has 0 aromatic rings. The molecule has 0 bridgehead atoms. The van der Waals surface area contributed by atoms with Gasteiger partial charge in [0, 0.05) is 0 Å². The number of hydrogen-bond donors (Lipinski definition) is 0. The minimum atomic E-state index is 0.228. The smallest absolute Gasteiger partial charge is 0.0627 e. The molecule has 0 aliphatic heterocycles. The molecule has 0 aliphatic rings. The van der Waals surface area contributed by atoms with Gasteiger partial charge in [-0.3, -0.25) is 0 Å². The van der Waals surface area contributed by atoms with Crippen LogP contribution in [0, 0.1) is 10.8 Å². The van der Waals surface area contributed by atoms with Crippen molar-refractivity contribution in [3.05, 3.63) is 0 Å². The first-order valence-corrected chi connectivity index (χ1v) is 13.3. The highest BCUT2D eigenvalue weighted by molar-refractivity contribution is 4.81. The maximum Gasteiger partial charge on any atom is 0.0627 e. The lowest BCUT2D eigenvalue weighted by Gasteiger charge is -2.39. The molecule has 0 aliphatic carbocycles. The topological polar surface area (TPSA) is 9.23 Å². The van der Waals surface area contributed by atoms with Crippen molar-refractivity contribution in [3.8, 4) is 0 Å². The summed E-state index contributed by atoms with van der Waals surface area (Å²) < 4.78 is 6.87. The summed E-state index contributed by atoms with van der Waals surface area (Å²) in [6.45, 7) is 18.8. The first kappa shape index (κ1) is 29.0. The van der Waals surface area contributed by atoms with Crippen molar-refractivity contribution in [2.75, 3.05) is 0 Å². The van der Waals surface area contributed by atoms with E-state index >= 15 is 0 Å². The lowest BCUT2D eigenvalue weighted by atomic mass is 9.82. The molecule has 0 saturated carbocycles. The highest BCUT2D eigenvalue weighted by atomic mass is 16.5. The van der Waals surface area contributed by atoms with Crippen LogP contribution in [-0.4, -0.2) is 12.2 Å². The summed E-state index contributed by atoms with van der Waals surface area (Å²) in [6, 6.07) is 0. The van der Waals surface area contributed by atoms with E-state index in [-0.39, 0.29) is 10.8 Å². The van der Waals surface area contributed by atoms with E-state index in [9.17, 15) is 0 Å². The van der Waals surface area contributed by atoms with Gasteiger partial charge in [0.25, 0.3) is 0 Å². The molecule has 0 spiro atoms. The molecule has 0 aromatic carbocycles. The Bertz CT molecular complexity index is 312. The van der Waals surface area contributed by atoms with Crippen LogP contribution in [0.4, 0.5) is 0 Å². The molecule has 0 rings (SSSR count). The average Bonchev–Trinajstić information content (AvgIpc) is 2.62. The fourth-order valence-electron chi connectivity index (χ4n) is 4.18. The Balaban J connectivity index is 4.43. The molecule has 29 heavy (non-hydrogen) atoms. The standard InChI is InChI=1S/C28H58O/c1-9-11-13-15-17-19-21-23-25(27(3,4)5)29-26(28(6,7)8)24-22-20-18-16-14-12-10-2/h25-26H,9-24H2,1-8H3. The molecule has 176 valence electrons. The predicted octanol–water partition coefficient (Wildman–Crippen LogP) is 10.1. The molecule has 0 saturated heterocycles. The van der Waals surface area contributed by atoms with Gasteiger partial charge in [-0.15, -0.1) is 0 Å². The quantitative estimate of drug-likeness (QED) is 0.204. The third kappa shape index (κ3) is 16.3. The van der Waals surface area contributed by atoms with Crippen LogP contribution >= 0.6 is 0 Å². The molecule has 0 radical (unpaired) electrons. The van der Waals surface area contributed by atoms with E-state index in [0.29, 0.717) is 12.2 Å². The van der Waals surface area contributed by atoms with Gasteiger partial charge in [0.1, 0.15) is 0 Å². The summed E-state index contributed by atoms with van der Waals surface area (Å²) in [7, 11) is 0. The number of ether oxygens (including phenoxy) is 1. The van der Waals surface area contributed by atoms with Crippen LogP contribution in [-0.2, 0) is 4.74 Å². The third-order valence-electron chi connectivity index (χ3n) is 6.40. The first-order valence-electron chi connectivity index (χ1n) is 13.3. The molecular weight excluding hydrogens is 352 g/mol. The van der Waals surface area contributed by atoms with E-state index in [4.69, 9.17) is 4.74 Å². The first-order chi connectivity index (χ1) is 13.6. The van der Waals surface area contributed by atoms with E-state index < -0.39 is 0 Å². The fraction of sp³-hybridized carbons (Fsp3) is 1.00. The average molecular weight is 411 g/mol. The fourth-order valence-corrected chi connectivity index (χ4v) is 4.18. The Labute approximate surface area is 186 Å².